The van der Waals surface area contributed by atoms with E-state index >= 15 is 0 Å². The van der Waals surface area contributed by atoms with Gasteiger partial charge in [-0.1, -0.05) is 28.8 Å². The normalized spacial score (nSPS) is 18.6. The standard InChI is InChI=1S/C13H17BrFNO2S/c14-9-13(7-1-2-8-13)10-16-19(17,18)12-5-3-11(15)4-6-12/h3-6,16H,1-2,7-10H2. The quantitative estimate of drug-likeness (QED) is 0.830. The van der Waals surface area contributed by atoms with Gasteiger partial charge in [-0.25, -0.2) is 17.5 Å². The number of sulfonamides is 1. The highest BCUT2D eigenvalue weighted by Gasteiger charge is 2.34. The van der Waals surface area contributed by atoms with Crippen LogP contribution in [0, 0.1) is 11.2 Å². The van der Waals surface area contributed by atoms with E-state index in [2.05, 4.69) is 20.7 Å². The van der Waals surface area contributed by atoms with Crippen molar-refractivity contribution in [2.75, 3.05) is 11.9 Å². The molecule has 0 heterocycles. The van der Waals surface area contributed by atoms with Crippen LogP contribution in [0.2, 0.25) is 0 Å². The van der Waals surface area contributed by atoms with Crippen LogP contribution in [-0.2, 0) is 10.0 Å². The van der Waals surface area contributed by atoms with Crippen molar-refractivity contribution >= 4 is 26.0 Å². The van der Waals surface area contributed by atoms with Gasteiger partial charge in [0.15, 0.2) is 0 Å². The first-order valence-electron chi connectivity index (χ1n) is 6.29. The Hall–Kier alpha value is -0.460. The van der Waals surface area contributed by atoms with Gasteiger partial charge < -0.3 is 0 Å². The first-order chi connectivity index (χ1) is 8.97. The molecule has 6 heteroatoms. The Balaban J connectivity index is 2.07. The lowest BCUT2D eigenvalue weighted by Crippen LogP contribution is -2.37. The number of alkyl halides is 1. The van der Waals surface area contributed by atoms with Gasteiger partial charge in [0.25, 0.3) is 0 Å². The SMILES string of the molecule is O=S(=O)(NCC1(CBr)CCCC1)c1ccc(F)cc1. The summed E-state index contributed by atoms with van der Waals surface area (Å²) in [5, 5.41) is 0.798. The average molecular weight is 350 g/mol. The highest BCUT2D eigenvalue weighted by Crippen LogP contribution is 2.39. The van der Waals surface area contributed by atoms with E-state index in [-0.39, 0.29) is 10.3 Å². The minimum absolute atomic E-state index is 0.0209. The molecule has 1 N–H and O–H groups in total. The van der Waals surface area contributed by atoms with Crippen molar-refractivity contribution in [2.24, 2.45) is 5.41 Å². The Morgan fingerprint density at radius 1 is 1.21 bits per heavy atom. The molecule has 1 saturated carbocycles. The smallest absolute Gasteiger partial charge is 0.211 e. The maximum Gasteiger partial charge on any atom is 0.240 e. The molecule has 3 nitrogen and oxygen atoms in total. The molecule has 1 aliphatic rings. The Bertz CT molecular complexity index is 524. The highest BCUT2D eigenvalue weighted by molar-refractivity contribution is 9.09. The van der Waals surface area contributed by atoms with Crippen LogP contribution in [0.15, 0.2) is 29.2 Å². The van der Waals surface area contributed by atoms with E-state index in [1.54, 1.807) is 0 Å². The molecule has 1 aromatic rings. The zero-order valence-corrected chi connectivity index (χ0v) is 12.9. The molecule has 0 amide bonds. The molecule has 0 saturated heterocycles. The summed E-state index contributed by atoms with van der Waals surface area (Å²) in [5.74, 6) is -0.438. The Kier molecular flexibility index (Phi) is 4.63. The lowest BCUT2D eigenvalue weighted by atomic mass is 9.89. The van der Waals surface area contributed by atoms with Gasteiger partial charge in [-0.05, 0) is 42.5 Å². The molecular weight excluding hydrogens is 333 g/mol. The van der Waals surface area contributed by atoms with Crippen LogP contribution in [0.25, 0.3) is 0 Å². The second-order valence-electron chi connectivity index (χ2n) is 5.12. The Morgan fingerprint density at radius 3 is 2.32 bits per heavy atom. The maximum absolute atomic E-state index is 12.8. The van der Waals surface area contributed by atoms with Crippen molar-refractivity contribution in [3.63, 3.8) is 0 Å². The van der Waals surface area contributed by atoms with Crippen molar-refractivity contribution in [3.05, 3.63) is 30.1 Å². The summed E-state index contributed by atoms with van der Waals surface area (Å²) in [6.07, 6.45) is 4.35. The highest BCUT2D eigenvalue weighted by atomic mass is 79.9. The molecule has 1 aromatic carbocycles. The fourth-order valence-corrected chi connectivity index (χ4v) is 4.34. The third kappa shape index (κ3) is 3.55. The van der Waals surface area contributed by atoms with Crippen molar-refractivity contribution in [2.45, 2.75) is 30.6 Å². The van der Waals surface area contributed by atoms with Gasteiger partial charge in [0.2, 0.25) is 10.0 Å². The molecule has 0 atom stereocenters. The third-order valence-electron chi connectivity index (χ3n) is 3.71. The number of hydrogen-bond acceptors (Lipinski definition) is 2. The zero-order valence-electron chi connectivity index (χ0n) is 10.5. The van der Waals surface area contributed by atoms with E-state index in [4.69, 9.17) is 0 Å². The van der Waals surface area contributed by atoms with Crippen LogP contribution < -0.4 is 4.72 Å². The largest absolute Gasteiger partial charge is 0.240 e. The molecule has 0 spiro atoms. The number of nitrogens with one attached hydrogen (secondary N) is 1. The minimum Gasteiger partial charge on any atom is -0.211 e. The molecule has 1 aliphatic carbocycles. The van der Waals surface area contributed by atoms with Crippen molar-refractivity contribution in [1.82, 2.24) is 4.72 Å². The van der Waals surface area contributed by atoms with Gasteiger partial charge in [-0.2, -0.15) is 0 Å². The predicted molar refractivity (Wildman–Crippen MR) is 76.3 cm³/mol. The molecule has 1 fully saturated rings. The molecule has 0 aromatic heterocycles. The predicted octanol–water partition coefficient (Wildman–Crippen LogP) is 3.06. The second kappa shape index (κ2) is 5.89. The maximum atomic E-state index is 12.8. The topological polar surface area (TPSA) is 46.2 Å². The van der Waals surface area contributed by atoms with Crippen molar-refractivity contribution < 1.29 is 12.8 Å². The number of hydrogen-bond donors (Lipinski definition) is 1. The minimum atomic E-state index is -3.55. The van der Waals surface area contributed by atoms with Gasteiger partial charge in [0.1, 0.15) is 5.82 Å². The average Bonchev–Trinajstić information content (AvgIpc) is 2.87. The van der Waals surface area contributed by atoms with Crippen molar-refractivity contribution in [1.29, 1.82) is 0 Å². The van der Waals surface area contributed by atoms with Crippen LogP contribution in [0.5, 0.6) is 0 Å². The van der Waals surface area contributed by atoms with Crippen LogP contribution in [0.4, 0.5) is 4.39 Å². The molecule has 0 unspecified atom stereocenters. The molecule has 19 heavy (non-hydrogen) atoms. The summed E-state index contributed by atoms with van der Waals surface area (Å²) in [4.78, 5) is 0.108. The molecular formula is C13H17BrFNO2S. The fourth-order valence-electron chi connectivity index (χ4n) is 2.43. The summed E-state index contributed by atoms with van der Waals surface area (Å²) < 4.78 is 39.7. The Labute approximate surface area is 121 Å². The van der Waals surface area contributed by atoms with E-state index < -0.39 is 15.8 Å². The fraction of sp³-hybridized carbons (Fsp3) is 0.538. The van der Waals surface area contributed by atoms with E-state index in [1.165, 1.54) is 12.1 Å². The summed E-state index contributed by atoms with van der Waals surface area (Å²) in [5.41, 5.74) is 0.0209. The number of halogens is 2. The first kappa shape index (κ1) is 14.9. The zero-order chi connectivity index (χ0) is 13.9. The lowest BCUT2D eigenvalue weighted by molar-refractivity contribution is 0.347. The van der Waals surface area contributed by atoms with Gasteiger partial charge in [-0.15, -0.1) is 0 Å². The lowest BCUT2D eigenvalue weighted by Gasteiger charge is -2.26. The Morgan fingerprint density at radius 2 is 1.79 bits per heavy atom. The molecule has 0 bridgehead atoms. The second-order valence-corrected chi connectivity index (χ2v) is 7.45. The summed E-state index contributed by atoms with van der Waals surface area (Å²) in [7, 11) is -3.55. The van der Waals surface area contributed by atoms with E-state index in [9.17, 15) is 12.8 Å². The number of benzene rings is 1. The molecule has 0 aliphatic heterocycles. The van der Waals surface area contributed by atoms with Crippen LogP contribution in [0.3, 0.4) is 0 Å². The van der Waals surface area contributed by atoms with Crippen molar-refractivity contribution in [3.8, 4) is 0 Å². The molecule has 2 rings (SSSR count). The van der Waals surface area contributed by atoms with Gasteiger partial charge in [0.05, 0.1) is 4.90 Å². The first-order valence-corrected chi connectivity index (χ1v) is 8.89. The van der Waals surface area contributed by atoms with Crippen LogP contribution in [-0.4, -0.2) is 20.3 Å². The van der Waals surface area contributed by atoms with Gasteiger partial charge >= 0.3 is 0 Å². The van der Waals surface area contributed by atoms with E-state index in [0.29, 0.717) is 6.54 Å². The van der Waals surface area contributed by atoms with E-state index in [1.807, 2.05) is 0 Å². The monoisotopic (exact) mass is 349 g/mol. The third-order valence-corrected chi connectivity index (χ3v) is 6.32. The van der Waals surface area contributed by atoms with Crippen LogP contribution in [0.1, 0.15) is 25.7 Å². The van der Waals surface area contributed by atoms with E-state index in [0.717, 1.165) is 43.1 Å². The van der Waals surface area contributed by atoms with Crippen LogP contribution >= 0.6 is 15.9 Å². The van der Waals surface area contributed by atoms with Gasteiger partial charge in [-0.3, -0.25) is 0 Å². The summed E-state index contributed by atoms with van der Waals surface area (Å²) in [6, 6.07) is 4.88. The number of rotatable bonds is 5. The summed E-state index contributed by atoms with van der Waals surface area (Å²) in [6.45, 7) is 0.429. The molecule has 0 radical (unpaired) electrons. The van der Waals surface area contributed by atoms with Gasteiger partial charge in [0, 0.05) is 11.9 Å². The summed E-state index contributed by atoms with van der Waals surface area (Å²) >= 11 is 3.48. The molecule has 106 valence electrons.